The third-order valence-corrected chi connectivity index (χ3v) is 4.51. The minimum Gasteiger partial charge on any atom is -0.457 e. The fourth-order valence-electron chi connectivity index (χ4n) is 3.06. The Labute approximate surface area is 172 Å². The molecule has 1 aliphatic heterocycles. The number of hydrogen-bond acceptors (Lipinski definition) is 4. The molecule has 0 radical (unpaired) electrons. The van der Waals surface area contributed by atoms with Gasteiger partial charge in [0.15, 0.2) is 0 Å². The molecule has 2 amide bonds. The molecule has 0 aliphatic carbocycles. The fraction of sp³-hybridized carbons (Fsp3) is 0.0870. The maximum absolute atomic E-state index is 14.0. The monoisotopic (exact) mass is 403 g/mol. The molecule has 0 saturated heterocycles. The molecular weight excluding hydrogens is 385 g/mol. The summed E-state index contributed by atoms with van der Waals surface area (Å²) in [5.41, 5.74) is 0.668. The summed E-state index contributed by atoms with van der Waals surface area (Å²) < 4.78 is 19.8. The van der Waals surface area contributed by atoms with E-state index in [4.69, 9.17) is 4.74 Å². The van der Waals surface area contributed by atoms with Crippen molar-refractivity contribution in [3.05, 3.63) is 95.8 Å². The predicted octanol–water partition coefficient (Wildman–Crippen LogP) is 3.97. The van der Waals surface area contributed by atoms with Crippen LogP contribution in [-0.2, 0) is 4.79 Å². The molecule has 0 bridgehead atoms. The molecule has 1 atom stereocenters. The summed E-state index contributed by atoms with van der Waals surface area (Å²) in [6, 6.07) is 21.3. The van der Waals surface area contributed by atoms with Crippen molar-refractivity contribution in [3.63, 3.8) is 0 Å². The molecule has 0 fully saturated rings. The number of benzene rings is 3. The highest BCUT2D eigenvalue weighted by atomic mass is 19.1. The number of para-hydroxylation sites is 1. The molecule has 1 heterocycles. The molecular formula is C23H18FN3O3. The van der Waals surface area contributed by atoms with Crippen molar-refractivity contribution in [2.24, 2.45) is 4.99 Å². The summed E-state index contributed by atoms with van der Waals surface area (Å²) in [6.07, 6.45) is 0.00578. The lowest BCUT2D eigenvalue weighted by Gasteiger charge is -2.21. The third-order valence-electron chi connectivity index (χ3n) is 4.51. The van der Waals surface area contributed by atoms with Gasteiger partial charge in [-0.15, -0.1) is 0 Å². The number of guanidine groups is 1. The normalized spacial score (nSPS) is 15.7. The first-order chi connectivity index (χ1) is 14.6. The van der Waals surface area contributed by atoms with E-state index in [9.17, 15) is 14.0 Å². The number of carbonyl (C=O) groups excluding carboxylic acids is 2. The molecule has 7 heteroatoms. The molecule has 4 rings (SSSR count). The van der Waals surface area contributed by atoms with Gasteiger partial charge in [-0.25, -0.2) is 9.38 Å². The number of aliphatic imine (C=N–C) groups is 1. The van der Waals surface area contributed by atoms with Crippen molar-refractivity contribution in [1.29, 1.82) is 0 Å². The topological polar surface area (TPSA) is 79.8 Å². The summed E-state index contributed by atoms with van der Waals surface area (Å²) in [4.78, 5) is 28.9. The van der Waals surface area contributed by atoms with Gasteiger partial charge in [-0.05, 0) is 42.5 Å². The van der Waals surface area contributed by atoms with E-state index < -0.39 is 17.8 Å². The second-order valence-electron chi connectivity index (χ2n) is 6.66. The maximum atomic E-state index is 14.0. The van der Waals surface area contributed by atoms with Gasteiger partial charge >= 0.3 is 0 Å². The van der Waals surface area contributed by atoms with Crippen LogP contribution in [-0.4, -0.2) is 17.8 Å². The first-order valence-electron chi connectivity index (χ1n) is 9.35. The molecule has 2 N–H and O–H groups in total. The number of halogens is 1. The van der Waals surface area contributed by atoms with Crippen molar-refractivity contribution in [2.45, 2.75) is 12.5 Å². The van der Waals surface area contributed by atoms with Crippen molar-refractivity contribution in [1.82, 2.24) is 10.6 Å². The second kappa shape index (κ2) is 8.57. The Kier molecular flexibility index (Phi) is 5.52. The van der Waals surface area contributed by atoms with E-state index in [1.807, 2.05) is 30.3 Å². The van der Waals surface area contributed by atoms with Crippen LogP contribution < -0.4 is 15.4 Å². The lowest BCUT2D eigenvalue weighted by Crippen LogP contribution is -2.47. The van der Waals surface area contributed by atoms with E-state index in [1.165, 1.54) is 6.07 Å². The van der Waals surface area contributed by atoms with E-state index in [2.05, 4.69) is 15.6 Å². The average Bonchev–Trinajstić information content (AvgIpc) is 2.75. The summed E-state index contributed by atoms with van der Waals surface area (Å²) in [5, 5.41) is 5.08. The number of hydrogen-bond donors (Lipinski definition) is 2. The Morgan fingerprint density at radius 3 is 2.37 bits per heavy atom. The van der Waals surface area contributed by atoms with Gasteiger partial charge < -0.3 is 4.74 Å². The molecule has 0 unspecified atom stereocenters. The van der Waals surface area contributed by atoms with Gasteiger partial charge in [-0.3, -0.25) is 20.2 Å². The SMILES string of the molecule is O=C1C[C@H](c2ccccc2F)N=C(NC(=O)c2ccc(Oc3ccccc3)cc2)N1. The molecule has 0 spiro atoms. The van der Waals surface area contributed by atoms with E-state index in [0.29, 0.717) is 22.6 Å². The molecule has 3 aromatic carbocycles. The fourth-order valence-corrected chi connectivity index (χ4v) is 3.06. The minimum absolute atomic E-state index is 0.00545. The zero-order valence-corrected chi connectivity index (χ0v) is 15.8. The van der Waals surface area contributed by atoms with Gasteiger partial charge in [0.05, 0.1) is 12.5 Å². The second-order valence-corrected chi connectivity index (χ2v) is 6.66. The molecule has 1 aliphatic rings. The van der Waals surface area contributed by atoms with E-state index in [0.717, 1.165) is 0 Å². The van der Waals surface area contributed by atoms with Gasteiger partial charge in [0.25, 0.3) is 5.91 Å². The summed E-state index contributed by atoms with van der Waals surface area (Å²) in [6.45, 7) is 0. The molecule has 150 valence electrons. The average molecular weight is 403 g/mol. The molecule has 0 saturated carbocycles. The van der Waals surface area contributed by atoms with Crippen LogP contribution in [0.2, 0.25) is 0 Å². The van der Waals surface area contributed by atoms with Crippen molar-refractivity contribution in [2.75, 3.05) is 0 Å². The number of nitrogens with one attached hydrogen (secondary N) is 2. The molecule has 30 heavy (non-hydrogen) atoms. The number of ether oxygens (including phenoxy) is 1. The van der Waals surface area contributed by atoms with Crippen LogP contribution in [0.4, 0.5) is 4.39 Å². The highest BCUT2D eigenvalue weighted by Crippen LogP contribution is 2.26. The number of nitrogens with zero attached hydrogens (tertiary/aromatic N) is 1. The zero-order chi connectivity index (χ0) is 20.9. The van der Waals surface area contributed by atoms with Crippen LogP contribution in [0.5, 0.6) is 11.5 Å². The van der Waals surface area contributed by atoms with Gasteiger partial charge in [0.1, 0.15) is 17.3 Å². The van der Waals surface area contributed by atoms with Gasteiger partial charge in [-0.2, -0.15) is 0 Å². The van der Waals surface area contributed by atoms with E-state index >= 15 is 0 Å². The lowest BCUT2D eigenvalue weighted by atomic mass is 10.0. The molecule has 3 aromatic rings. The van der Waals surface area contributed by atoms with Crippen LogP contribution in [0.25, 0.3) is 0 Å². The summed E-state index contributed by atoms with van der Waals surface area (Å²) in [7, 11) is 0. The zero-order valence-electron chi connectivity index (χ0n) is 15.8. The standard InChI is InChI=1S/C23H18FN3O3/c24-19-9-5-4-8-18(19)20-14-21(28)26-23(25-20)27-22(29)15-10-12-17(13-11-15)30-16-6-2-1-3-7-16/h1-13,20H,14H2,(H2,25,26,27,28,29)/t20-/m1/s1. The first kappa shape index (κ1) is 19.3. The highest BCUT2D eigenvalue weighted by molar-refractivity contribution is 6.10. The van der Waals surface area contributed by atoms with Crippen LogP contribution in [0.15, 0.2) is 83.9 Å². The van der Waals surface area contributed by atoms with Crippen molar-refractivity contribution < 1.29 is 18.7 Å². The van der Waals surface area contributed by atoms with Crippen LogP contribution >= 0.6 is 0 Å². The minimum atomic E-state index is -0.697. The number of amides is 2. The number of rotatable bonds is 4. The molecule has 0 aromatic heterocycles. The van der Waals surface area contributed by atoms with Crippen LogP contribution in [0.3, 0.4) is 0 Å². The summed E-state index contributed by atoms with van der Waals surface area (Å²) >= 11 is 0. The van der Waals surface area contributed by atoms with Crippen LogP contribution in [0.1, 0.15) is 28.4 Å². The smallest absolute Gasteiger partial charge is 0.257 e. The maximum Gasteiger partial charge on any atom is 0.257 e. The first-order valence-corrected chi connectivity index (χ1v) is 9.35. The Bertz CT molecular complexity index is 1100. The Morgan fingerprint density at radius 1 is 0.967 bits per heavy atom. The third kappa shape index (κ3) is 4.52. The van der Waals surface area contributed by atoms with Crippen LogP contribution in [0, 0.1) is 5.82 Å². The quantitative estimate of drug-likeness (QED) is 0.692. The largest absolute Gasteiger partial charge is 0.457 e. The summed E-state index contributed by atoms with van der Waals surface area (Å²) in [5.74, 6) is 0.0261. The van der Waals surface area contributed by atoms with Crippen molar-refractivity contribution >= 4 is 17.8 Å². The Morgan fingerprint density at radius 2 is 1.63 bits per heavy atom. The number of carbonyl (C=O) groups is 2. The van der Waals surface area contributed by atoms with E-state index in [1.54, 1.807) is 42.5 Å². The highest BCUT2D eigenvalue weighted by Gasteiger charge is 2.25. The Hall–Kier alpha value is -4.00. The lowest BCUT2D eigenvalue weighted by molar-refractivity contribution is -0.120. The predicted molar refractivity (Wildman–Crippen MR) is 110 cm³/mol. The van der Waals surface area contributed by atoms with Gasteiger partial charge in [-0.1, -0.05) is 36.4 Å². The molecule has 6 nitrogen and oxygen atoms in total. The van der Waals surface area contributed by atoms with E-state index in [-0.39, 0.29) is 18.3 Å². The van der Waals surface area contributed by atoms with Crippen molar-refractivity contribution in [3.8, 4) is 11.5 Å². The van der Waals surface area contributed by atoms with Gasteiger partial charge in [0, 0.05) is 11.1 Å². The Balaban J connectivity index is 1.46. The van der Waals surface area contributed by atoms with Gasteiger partial charge in [0.2, 0.25) is 11.9 Å².